The first-order valence-electron chi connectivity index (χ1n) is 5.30. The van der Waals surface area contributed by atoms with Crippen molar-refractivity contribution in [2.75, 3.05) is 11.9 Å². The van der Waals surface area contributed by atoms with Crippen LogP contribution in [0.25, 0.3) is 0 Å². The molecule has 3 nitrogen and oxygen atoms in total. The molecule has 0 aliphatic heterocycles. The number of pyridine rings is 1. The van der Waals surface area contributed by atoms with Crippen molar-refractivity contribution in [2.24, 2.45) is 5.73 Å². The molecule has 1 rings (SSSR count). The highest BCUT2D eigenvalue weighted by molar-refractivity contribution is 6.35. The number of nitrogens with two attached hydrogens (primary N) is 1. The number of hydrogen-bond acceptors (Lipinski definition) is 3. The van der Waals surface area contributed by atoms with Crippen LogP contribution in [-0.2, 0) is 0 Å². The first-order valence-corrected chi connectivity index (χ1v) is 6.05. The summed E-state index contributed by atoms with van der Waals surface area (Å²) in [6, 6.07) is 1.68. The number of nitrogens with one attached hydrogen (secondary N) is 1. The number of aromatic nitrogens is 1. The van der Waals surface area contributed by atoms with E-state index >= 15 is 0 Å². The van der Waals surface area contributed by atoms with Gasteiger partial charge in [-0.15, -0.1) is 0 Å². The number of hydrogen-bond donors (Lipinski definition) is 2. The van der Waals surface area contributed by atoms with Gasteiger partial charge in [0.25, 0.3) is 0 Å². The Morgan fingerprint density at radius 2 is 2.19 bits per heavy atom. The van der Waals surface area contributed by atoms with E-state index in [0.717, 1.165) is 12.8 Å². The molecule has 0 saturated heterocycles. The van der Waals surface area contributed by atoms with Crippen molar-refractivity contribution in [1.82, 2.24) is 4.98 Å². The Kier molecular flexibility index (Phi) is 4.84. The van der Waals surface area contributed by atoms with Crippen molar-refractivity contribution in [3.8, 4) is 0 Å². The lowest BCUT2D eigenvalue weighted by Crippen LogP contribution is -2.36. The maximum absolute atomic E-state index is 6.05. The summed E-state index contributed by atoms with van der Waals surface area (Å²) < 4.78 is 0. The minimum absolute atomic E-state index is 0.0841. The predicted molar refractivity (Wildman–Crippen MR) is 70.2 cm³/mol. The highest BCUT2D eigenvalue weighted by atomic mass is 35.5. The van der Waals surface area contributed by atoms with E-state index < -0.39 is 0 Å². The van der Waals surface area contributed by atoms with Crippen molar-refractivity contribution in [3.63, 3.8) is 0 Å². The summed E-state index contributed by atoms with van der Waals surface area (Å²) in [4.78, 5) is 4.18. The topological polar surface area (TPSA) is 50.9 Å². The molecule has 0 aliphatic rings. The molecular weight excluding hydrogens is 245 g/mol. The first kappa shape index (κ1) is 13.6. The second-order valence-corrected chi connectivity index (χ2v) is 4.91. The van der Waals surface area contributed by atoms with Crippen LogP contribution in [-0.4, -0.2) is 17.1 Å². The Labute approximate surface area is 106 Å². The smallest absolute Gasteiger partial charge is 0.145 e. The minimum atomic E-state index is -0.0841. The second kappa shape index (κ2) is 5.71. The molecular formula is C11H17Cl2N3. The number of halogens is 2. The quantitative estimate of drug-likeness (QED) is 0.855. The van der Waals surface area contributed by atoms with E-state index in [4.69, 9.17) is 28.9 Å². The van der Waals surface area contributed by atoms with E-state index in [2.05, 4.69) is 24.1 Å². The van der Waals surface area contributed by atoms with E-state index in [1.54, 1.807) is 12.3 Å². The van der Waals surface area contributed by atoms with E-state index in [1.807, 2.05) is 0 Å². The van der Waals surface area contributed by atoms with Crippen LogP contribution in [0, 0.1) is 0 Å². The molecule has 1 aromatic heterocycles. The maximum atomic E-state index is 6.05. The van der Waals surface area contributed by atoms with Crippen molar-refractivity contribution in [2.45, 2.75) is 32.2 Å². The van der Waals surface area contributed by atoms with Gasteiger partial charge in [-0.1, -0.05) is 30.1 Å². The van der Waals surface area contributed by atoms with Gasteiger partial charge >= 0.3 is 0 Å². The molecule has 1 atom stereocenters. The zero-order chi connectivity index (χ0) is 12.2. The maximum Gasteiger partial charge on any atom is 0.145 e. The number of anilines is 1. The number of nitrogens with zero attached hydrogens (tertiary/aromatic N) is 1. The molecule has 0 bridgehead atoms. The summed E-state index contributed by atoms with van der Waals surface area (Å²) in [6.07, 6.45) is 3.39. The van der Waals surface area contributed by atoms with E-state index in [-0.39, 0.29) is 5.54 Å². The van der Waals surface area contributed by atoms with Gasteiger partial charge in [0.2, 0.25) is 0 Å². The first-order chi connectivity index (χ1) is 7.50. The summed E-state index contributed by atoms with van der Waals surface area (Å²) in [7, 11) is 0. The molecule has 0 spiro atoms. The number of rotatable bonds is 5. The van der Waals surface area contributed by atoms with Crippen molar-refractivity contribution in [1.29, 1.82) is 0 Å². The zero-order valence-corrected chi connectivity index (χ0v) is 11.1. The van der Waals surface area contributed by atoms with Crippen LogP contribution in [0.3, 0.4) is 0 Å². The van der Waals surface area contributed by atoms with Gasteiger partial charge in [0, 0.05) is 11.7 Å². The summed E-state index contributed by atoms with van der Waals surface area (Å²) in [5.74, 6) is 0.656. The lowest BCUT2D eigenvalue weighted by Gasteiger charge is -2.30. The molecule has 5 heteroatoms. The van der Waals surface area contributed by atoms with Gasteiger partial charge in [-0.2, -0.15) is 0 Å². The van der Waals surface area contributed by atoms with E-state index in [1.165, 1.54) is 0 Å². The Balaban J connectivity index is 2.85. The fraction of sp³-hybridized carbons (Fsp3) is 0.545. The van der Waals surface area contributed by atoms with Crippen LogP contribution >= 0.6 is 23.2 Å². The standard InChI is InChI=1S/C11H17Cl2N3/c1-3-11(2,4-5-14)16-10-9(13)6-8(12)7-15-10/h6-7H,3-5,14H2,1-2H3,(H,15,16). The summed E-state index contributed by atoms with van der Waals surface area (Å²) >= 11 is 11.8. The van der Waals surface area contributed by atoms with E-state index in [0.29, 0.717) is 22.4 Å². The van der Waals surface area contributed by atoms with Gasteiger partial charge in [0.15, 0.2) is 0 Å². The molecule has 1 heterocycles. The Morgan fingerprint density at radius 3 is 2.69 bits per heavy atom. The van der Waals surface area contributed by atoms with Crippen LogP contribution < -0.4 is 11.1 Å². The normalized spacial score (nSPS) is 14.6. The molecule has 1 unspecified atom stereocenters. The average molecular weight is 262 g/mol. The molecule has 3 N–H and O–H groups in total. The minimum Gasteiger partial charge on any atom is -0.364 e. The molecule has 0 saturated carbocycles. The predicted octanol–water partition coefficient (Wildman–Crippen LogP) is 3.32. The molecule has 16 heavy (non-hydrogen) atoms. The van der Waals surface area contributed by atoms with Gasteiger partial charge in [0.1, 0.15) is 5.82 Å². The Bertz CT molecular complexity index is 357. The van der Waals surface area contributed by atoms with Gasteiger partial charge < -0.3 is 11.1 Å². The zero-order valence-electron chi connectivity index (χ0n) is 9.56. The lowest BCUT2D eigenvalue weighted by atomic mass is 9.94. The van der Waals surface area contributed by atoms with Gasteiger partial charge in [-0.25, -0.2) is 4.98 Å². The van der Waals surface area contributed by atoms with Crippen LogP contribution in [0.1, 0.15) is 26.7 Å². The summed E-state index contributed by atoms with van der Waals surface area (Å²) in [5, 5.41) is 4.39. The van der Waals surface area contributed by atoms with Gasteiger partial charge in [-0.05, 0) is 32.4 Å². The summed E-state index contributed by atoms with van der Waals surface area (Å²) in [6.45, 7) is 4.83. The molecule has 0 fully saturated rings. The third kappa shape index (κ3) is 3.51. The van der Waals surface area contributed by atoms with Crippen LogP contribution in [0.4, 0.5) is 5.82 Å². The monoisotopic (exact) mass is 261 g/mol. The fourth-order valence-electron chi connectivity index (χ4n) is 1.44. The highest BCUT2D eigenvalue weighted by Gasteiger charge is 2.22. The Morgan fingerprint density at radius 1 is 1.50 bits per heavy atom. The second-order valence-electron chi connectivity index (χ2n) is 4.06. The largest absolute Gasteiger partial charge is 0.364 e. The molecule has 90 valence electrons. The van der Waals surface area contributed by atoms with E-state index in [9.17, 15) is 0 Å². The SMILES string of the molecule is CCC(C)(CCN)Nc1ncc(Cl)cc1Cl. The van der Waals surface area contributed by atoms with Crippen molar-refractivity contribution in [3.05, 3.63) is 22.3 Å². The van der Waals surface area contributed by atoms with Crippen LogP contribution in [0.5, 0.6) is 0 Å². The molecule has 1 aromatic rings. The van der Waals surface area contributed by atoms with Crippen molar-refractivity contribution < 1.29 is 0 Å². The molecule has 0 amide bonds. The fourth-order valence-corrected chi connectivity index (χ4v) is 1.87. The molecule has 0 radical (unpaired) electrons. The third-order valence-electron chi connectivity index (χ3n) is 2.70. The molecule has 0 aliphatic carbocycles. The van der Waals surface area contributed by atoms with Crippen LogP contribution in [0.2, 0.25) is 10.0 Å². The molecule has 0 aromatic carbocycles. The third-order valence-corrected chi connectivity index (χ3v) is 3.20. The van der Waals surface area contributed by atoms with Gasteiger partial charge in [-0.3, -0.25) is 0 Å². The van der Waals surface area contributed by atoms with Crippen LogP contribution in [0.15, 0.2) is 12.3 Å². The van der Waals surface area contributed by atoms with Gasteiger partial charge in [0.05, 0.1) is 10.0 Å². The highest BCUT2D eigenvalue weighted by Crippen LogP contribution is 2.27. The average Bonchev–Trinajstić information content (AvgIpc) is 2.23. The van der Waals surface area contributed by atoms with Crippen molar-refractivity contribution >= 4 is 29.0 Å². The Hall–Kier alpha value is -0.510. The summed E-state index contributed by atoms with van der Waals surface area (Å²) in [5.41, 5.74) is 5.51. The lowest BCUT2D eigenvalue weighted by molar-refractivity contribution is 0.462.